The third kappa shape index (κ3) is 4.25. The van der Waals surface area contributed by atoms with Crippen LogP contribution in [0.4, 0.5) is 5.69 Å². The van der Waals surface area contributed by atoms with Gasteiger partial charge in [0.05, 0.1) is 29.1 Å². The van der Waals surface area contributed by atoms with E-state index in [4.69, 9.17) is 4.52 Å². The van der Waals surface area contributed by atoms with Gasteiger partial charge in [0.2, 0.25) is 0 Å². The number of nitrogens with one attached hydrogen (secondary N) is 3. The Balaban J connectivity index is 1.26. The van der Waals surface area contributed by atoms with E-state index in [1.807, 2.05) is 30.5 Å². The third-order valence-electron chi connectivity index (χ3n) is 7.28. The van der Waals surface area contributed by atoms with Crippen molar-refractivity contribution in [3.63, 3.8) is 0 Å². The fourth-order valence-electron chi connectivity index (χ4n) is 5.49. The first kappa shape index (κ1) is 21.7. The molecule has 2 aliphatic carbocycles. The number of amides is 1. The summed E-state index contributed by atoms with van der Waals surface area (Å²) in [6, 6.07) is 7.69. The van der Waals surface area contributed by atoms with Crippen LogP contribution in [-0.4, -0.2) is 47.7 Å². The van der Waals surface area contributed by atoms with E-state index in [2.05, 4.69) is 35.7 Å². The molecule has 0 radical (unpaired) electrons. The van der Waals surface area contributed by atoms with Crippen LogP contribution < -0.4 is 10.6 Å². The molecule has 10 nitrogen and oxygen atoms in total. The number of carbonyl (C=O) groups excluding carboxylic acids is 1. The van der Waals surface area contributed by atoms with Crippen molar-refractivity contribution in [2.75, 3.05) is 5.32 Å². The number of nitrogens with zero attached hydrogens (tertiary/aromatic N) is 4. The molecule has 4 aromatic heterocycles. The van der Waals surface area contributed by atoms with Crippen molar-refractivity contribution in [1.82, 2.24) is 30.4 Å². The lowest BCUT2D eigenvalue weighted by Gasteiger charge is -2.46. The highest BCUT2D eigenvalue weighted by Gasteiger charge is 2.42. The molecule has 1 amide bonds. The summed E-state index contributed by atoms with van der Waals surface area (Å²) >= 11 is 0. The normalized spacial score (nSPS) is 23.8. The summed E-state index contributed by atoms with van der Waals surface area (Å²) in [5, 5.41) is 22.1. The van der Waals surface area contributed by atoms with Crippen LogP contribution in [-0.2, 0) is 6.54 Å². The number of fused-ring (bicyclic) bond motifs is 3. The van der Waals surface area contributed by atoms with Crippen molar-refractivity contribution in [1.29, 1.82) is 0 Å². The average molecular weight is 474 g/mol. The first-order chi connectivity index (χ1) is 17.1. The van der Waals surface area contributed by atoms with E-state index >= 15 is 0 Å². The molecule has 0 aromatic carbocycles. The molecular weight excluding hydrogens is 446 g/mol. The Kier molecular flexibility index (Phi) is 5.44. The van der Waals surface area contributed by atoms with E-state index in [9.17, 15) is 9.90 Å². The molecular formula is C25H27N7O3. The summed E-state index contributed by atoms with van der Waals surface area (Å²) in [4.78, 5) is 28.8. The molecule has 4 heterocycles. The van der Waals surface area contributed by atoms with Crippen LogP contribution in [0.2, 0.25) is 0 Å². The van der Waals surface area contributed by atoms with Crippen LogP contribution in [0, 0.1) is 5.92 Å². The Hall–Kier alpha value is -3.79. The molecule has 3 atom stereocenters. The van der Waals surface area contributed by atoms with Crippen LogP contribution in [0.5, 0.6) is 0 Å². The van der Waals surface area contributed by atoms with Gasteiger partial charge in [-0.25, -0.2) is 4.98 Å². The van der Waals surface area contributed by atoms with E-state index < -0.39 is 11.5 Å². The lowest BCUT2D eigenvalue weighted by molar-refractivity contribution is -0.0508. The van der Waals surface area contributed by atoms with Crippen molar-refractivity contribution in [2.24, 2.45) is 5.92 Å². The number of aromatic nitrogens is 5. The fourth-order valence-corrected chi connectivity index (χ4v) is 5.49. The van der Waals surface area contributed by atoms with E-state index in [0.717, 1.165) is 60.9 Å². The molecule has 180 valence electrons. The fraction of sp³-hybridized carbons (Fsp3) is 0.400. The highest BCUT2D eigenvalue weighted by atomic mass is 16.5. The minimum atomic E-state index is -0.518. The molecule has 6 rings (SSSR count). The zero-order valence-electron chi connectivity index (χ0n) is 19.2. The largest absolute Gasteiger partial charge is 0.390 e. The molecule has 0 spiro atoms. The zero-order valence-corrected chi connectivity index (χ0v) is 19.2. The number of hydrogen-bond donors (Lipinski definition) is 4. The average Bonchev–Trinajstić information content (AvgIpc) is 3.55. The highest BCUT2D eigenvalue weighted by Crippen LogP contribution is 2.45. The molecule has 2 saturated carbocycles. The minimum Gasteiger partial charge on any atom is -0.390 e. The molecule has 0 saturated heterocycles. The Morgan fingerprint density at radius 2 is 2.17 bits per heavy atom. The van der Waals surface area contributed by atoms with E-state index in [0.29, 0.717) is 11.5 Å². The van der Waals surface area contributed by atoms with Gasteiger partial charge in [-0.2, -0.15) is 4.98 Å². The van der Waals surface area contributed by atoms with Crippen LogP contribution >= 0.6 is 0 Å². The quantitative estimate of drug-likeness (QED) is 0.334. The van der Waals surface area contributed by atoms with E-state index in [1.54, 1.807) is 12.4 Å². The third-order valence-corrected chi connectivity index (χ3v) is 7.28. The summed E-state index contributed by atoms with van der Waals surface area (Å²) in [5.74, 6) is 0.130. The number of aliphatic hydroxyl groups is 1. The molecule has 35 heavy (non-hydrogen) atoms. The number of hydrogen-bond acceptors (Lipinski definition) is 8. The maximum atomic E-state index is 12.6. The van der Waals surface area contributed by atoms with E-state index in [-0.39, 0.29) is 24.3 Å². The second-order valence-corrected chi connectivity index (χ2v) is 9.58. The van der Waals surface area contributed by atoms with Crippen LogP contribution in [0.25, 0.3) is 22.5 Å². The van der Waals surface area contributed by atoms with Gasteiger partial charge >= 0.3 is 0 Å². The topological polar surface area (TPSA) is 142 Å². The zero-order chi connectivity index (χ0) is 23.8. The lowest BCUT2D eigenvalue weighted by Crippen LogP contribution is -2.47. The Morgan fingerprint density at radius 3 is 3.06 bits per heavy atom. The monoisotopic (exact) mass is 473 g/mol. The Labute approximate surface area is 201 Å². The summed E-state index contributed by atoms with van der Waals surface area (Å²) < 4.78 is 5.51. The molecule has 2 bridgehead atoms. The van der Waals surface area contributed by atoms with Gasteiger partial charge < -0.3 is 25.2 Å². The summed E-state index contributed by atoms with van der Waals surface area (Å²) in [6.07, 6.45) is 10.7. The second-order valence-electron chi connectivity index (χ2n) is 9.58. The van der Waals surface area contributed by atoms with Crippen molar-refractivity contribution in [3.05, 3.63) is 54.4 Å². The van der Waals surface area contributed by atoms with Gasteiger partial charge in [-0.05, 0) is 56.2 Å². The predicted octanol–water partition coefficient (Wildman–Crippen LogP) is 3.43. The van der Waals surface area contributed by atoms with Gasteiger partial charge in [-0.3, -0.25) is 9.78 Å². The predicted molar refractivity (Wildman–Crippen MR) is 128 cm³/mol. The Morgan fingerprint density at radius 1 is 1.23 bits per heavy atom. The van der Waals surface area contributed by atoms with Gasteiger partial charge in [0.1, 0.15) is 5.65 Å². The summed E-state index contributed by atoms with van der Waals surface area (Å²) in [5.41, 5.74) is 2.46. The molecule has 4 aromatic rings. The molecule has 2 aliphatic rings. The van der Waals surface area contributed by atoms with Crippen LogP contribution in [0.3, 0.4) is 0 Å². The molecule has 2 fully saturated rings. The molecule has 0 aliphatic heterocycles. The maximum Gasteiger partial charge on any atom is 0.293 e. The van der Waals surface area contributed by atoms with Gasteiger partial charge in [-0.15, -0.1) is 0 Å². The van der Waals surface area contributed by atoms with Gasteiger partial charge in [0, 0.05) is 30.0 Å². The minimum absolute atomic E-state index is 0.0499. The van der Waals surface area contributed by atoms with Gasteiger partial charge in [-0.1, -0.05) is 17.6 Å². The number of rotatable bonds is 6. The number of anilines is 1. The van der Waals surface area contributed by atoms with Crippen molar-refractivity contribution in [2.45, 2.75) is 56.7 Å². The number of pyridine rings is 2. The highest BCUT2D eigenvalue weighted by molar-refractivity contribution is 5.97. The maximum absolute atomic E-state index is 12.6. The Bertz CT molecular complexity index is 1350. The molecule has 10 heteroatoms. The summed E-state index contributed by atoms with van der Waals surface area (Å²) in [7, 11) is 0. The number of aromatic amines is 1. The standard InChI is InChI=1S/C25H27N7O3/c33-23(29-13-16-5-1-2-10-26-16)22-31-24(35-32-22)18-14-28-21-17(7-11-27-21)20(18)30-19-6-9-25(34)8-3-4-15(19)12-25/h1-2,5,7,10-11,14-15,19,34H,3-4,6,8-9,12-13H2,(H,29,33)(H2,27,28,30)/t15-,19-,25+/m1/s1. The molecule has 4 N–H and O–H groups in total. The number of H-pyrrole nitrogens is 1. The smallest absolute Gasteiger partial charge is 0.293 e. The first-order valence-electron chi connectivity index (χ1n) is 12.1. The van der Waals surface area contributed by atoms with Gasteiger partial charge in [0.15, 0.2) is 0 Å². The van der Waals surface area contributed by atoms with Gasteiger partial charge in [0.25, 0.3) is 17.6 Å². The van der Waals surface area contributed by atoms with Crippen molar-refractivity contribution >= 4 is 22.6 Å². The van der Waals surface area contributed by atoms with Crippen LogP contribution in [0.15, 0.2) is 47.4 Å². The van der Waals surface area contributed by atoms with Crippen molar-refractivity contribution in [3.8, 4) is 11.5 Å². The van der Waals surface area contributed by atoms with E-state index in [1.165, 1.54) is 0 Å². The SMILES string of the molecule is O=C(NCc1ccccn1)c1noc(-c2cnc3[nH]ccc3c2N[C@@H]2CC[C@@]3(O)CCC[C@@H]2C3)n1. The summed E-state index contributed by atoms with van der Waals surface area (Å²) in [6.45, 7) is 0.267. The number of carbonyl (C=O) groups is 1. The lowest BCUT2D eigenvalue weighted by atomic mass is 9.67. The van der Waals surface area contributed by atoms with Crippen molar-refractivity contribution < 1.29 is 14.4 Å². The molecule has 0 unspecified atom stereocenters. The van der Waals surface area contributed by atoms with Crippen LogP contribution in [0.1, 0.15) is 54.8 Å². The first-order valence-corrected chi connectivity index (χ1v) is 12.1. The second kappa shape index (κ2) is 8.77.